The van der Waals surface area contributed by atoms with E-state index in [4.69, 9.17) is 15.2 Å². The van der Waals surface area contributed by atoms with Gasteiger partial charge in [0.2, 0.25) is 6.79 Å². The van der Waals surface area contributed by atoms with Crippen molar-refractivity contribution >= 4 is 11.7 Å². The van der Waals surface area contributed by atoms with Crippen LogP contribution in [0.4, 0.5) is 5.82 Å². The average molecular weight is 272 g/mol. The average Bonchev–Trinajstić information content (AvgIpc) is 2.92. The Labute approximate surface area is 114 Å². The van der Waals surface area contributed by atoms with Crippen LogP contribution < -0.4 is 20.5 Å². The first-order valence-corrected chi connectivity index (χ1v) is 5.97. The van der Waals surface area contributed by atoms with E-state index in [1.165, 1.54) is 12.4 Å². The number of nitrogens with two attached hydrogens (primary N) is 1. The Morgan fingerprint density at radius 1 is 1.25 bits per heavy atom. The lowest BCUT2D eigenvalue weighted by Crippen LogP contribution is -2.25. The van der Waals surface area contributed by atoms with Crippen molar-refractivity contribution in [1.29, 1.82) is 0 Å². The largest absolute Gasteiger partial charge is 0.454 e. The number of benzene rings is 1. The summed E-state index contributed by atoms with van der Waals surface area (Å²) in [7, 11) is 0. The minimum atomic E-state index is -0.367. The van der Waals surface area contributed by atoms with E-state index in [-0.39, 0.29) is 24.2 Å². The summed E-state index contributed by atoms with van der Waals surface area (Å²) in [6.07, 6.45) is 2.86. The number of nitrogen functional groups attached to an aromatic ring is 1. The van der Waals surface area contributed by atoms with Crippen LogP contribution in [0.15, 0.2) is 30.6 Å². The maximum atomic E-state index is 11.9. The summed E-state index contributed by atoms with van der Waals surface area (Å²) in [5.74, 6) is 1.12. The normalized spacial score (nSPS) is 12.2. The van der Waals surface area contributed by atoms with Crippen molar-refractivity contribution in [2.75, 3.05) is 12.5 Å². The second-order valence-corrected chi connectivity index (χ2v) is 4.16. The van der Waals surface area contributed by atoms with Gasteiger partial charge in [-0.2, -0.15) is 0 Å². The summed E-state index contributed by atoms with van der Waals surface area (Å²) in [6, 6.07) is 5.48. The van der Waals surface area contributed by atoms with Crippen LogP contribution in [-0.2, 0) is 6.54 Å². The number of rotatable bonds is 3. The van der Waals surface area contributed by atoms with E-state index in [1.807, 2.05) is 12.1 Å². The third kappa shape index (κ3) is 2.33. The fourth-order valence-electron chi connectivity index (χ4n) is 1.84. The Morgan fingerprint density at radius 3 is 2.90 bits per heavy atom. The van der Waals surface area contributed by atoms with Gasteiger partial charge in [0.15, 0.2) is 23.0 Å². The van der Waals surface area contributed by atoms with Crippen molar-refractivity contribution in [3.63, 3.8) is 0 Å². The molecule has 1 aliphatic rings. The van der Waals surface area contributed by atoms with Gasteiger partial charge in [-0.05, 0) is 17.7 Å². The van der Waals surface area contributed by atoms with Crippen molar-refractivity contribution in [3.05, 3.63) is 41.9 Å². The minimum Gasteiger partial charge on any atom is -0.454 e. The molecule has 3 rings (SSSR count). The zero-order chi connectivity index (χ0) is 13.9. The third-order valence-corrected chi connectivity index (χ3v) is 2.83. The molecule has 7 nitrogen and oxygen atoms in total. The first-order chi connectivity index (χ1) is 9.74. The van der Waals surface area contributed by atoms with E-state index < -0.39 is 0 Å². The van der Waals surface area contributed by atoms with Crippen molar-refractivity contribution < 1.29 is 14.3 Å². The lowest BCUT2D eigenvalue weighted by atomic mass is 10.2. The number of nitrogens with zero attached hydrogens (tertiary/aromatic N) is 2. The smallest absolute Gasteiger partial charge is 0.273 e. The summed E-state index contributed by atoms with van der Waals surface area (Å²) in [6.45, 7) is 0.562. The van der Waals surface area contributed by atoms with Crippen molar-refractivity contribution in [3.8, 4) is 11.5 Å². The number of ether oxygens (including phenoxy) is 2. The van der Waals surface area contributed by atoms with Gasteiger partial charge in [0.05, 0.1) is 0 Å². The number of nitrogens with one attached hydrogen (secondary N) is 1. The predicted molar refractivity (Wildman–Crippen MR) is 70.2 cm³/mol. The molecular formula is C13H12N4O3. The van der Waals surface area contributed by atoms with Crippen LogP contribution in [0.5, 0.6) is 11.5 Å². The topological polar surface area (TPSA) is 99.4 Å². The monoisotopic (exact) mass is 272 g/mol. The van der Waals surface area contributed by atoms with E-state index in [1.54, 1.807) is 6.07 Å². The van der Waals surface area contributed by atoms with E-state index in [9.17, 15) is 4.79 Å². The van der Waals surface area contributed by atoms with Crippen LogP contribution in [0.2, 0.25) is 0 Å². The number of hydrogen-bond acceptors (Lipinski definition) is 6. The molecule has 1 aromatic heterocycles. The van der Waals surface area contributed by atoms with E-state index >= 15 is 0 Å². The molecule has 102 valence electrons. The maximum absolute atomic E-state index is 11.9. The Balaban J connectivity index is 1.68. The van der Waals surface area contributed by atoms with Gasteiger partial charge in [0.1, 0.15) is 0 Å². The van der Waals surface area contributed by atoms with Crippen LogP contribution in [0.3, 0.4) is 0 Å². The van der Waals surface area contributed by atoms with Crippen LogP contribution in [0.1, 0.15) is 16.1 Å². The number of hydrogen-bond donors (Lipinski definition) is 2. The van der Waals surface area contributed by atoms with Crippen LogP contribution in [-0.4, -0.2) is 22.7 Å². The molecule has 0 bridgehead atoms. The predicted octanol–water partition coefficient (Wildman–Crippen LogP) is 0.717. The lowest BCUT2D eigenvalue weighted by molar-refractivity contribution is 0.0946. The second-order valence-electron chi connectivity index (χ2n) is 4.16. The first-order valence-electron chi connectivity index (χ1n) is 5.97. The van der Waals surface area contributed by atoms with Crippen LogP contribution >= 0.6 is 0 Å². The van der Waals surface area contributed by atoms with Gasteiger partial charge in [-0.15, -0.1) is 0 Å². The molecule has 0 unspecified atom stereocenters. The number of anilines is 1. The highest BCUT2D eigenvalue weighted by Crippen LogP contribution is 2.32. The van der Waals surface area contributed by atoms with Gasteiger partial charge in [0, 0.05) is 18.9 Å². The summed E-state index contributed by atoms with van der Waals surface area (Å²) >= 11 is 0. The van der Waals surface area contributed by atoms with Gasteiger partial charge < -0.3 is 20.5 Å². The highest BCUT2D eigenvalue weighted by atomic mass is 16.7. The summed E-state index contributed by atoms with van der Waals surface area (Å²) < 4.78 is 10.5. The Kier molecular flexibility index (Phi) is 3.08. The van der Waals surface area contributed by atoms with E-state index in [0.29, 0.717) is 18.0 Å². The second kappa shape index (κ2) is 5.04. The minimum absolute atomic E-state index is 0.107. The molecule has 3 N–H and O–H groups in total. The van der Waals surface area contributed by atoms with Gasteiger partial charge >= 0.3 is 0 Å². The molecule has 1 amide bonds. The molecule has 1 aliphatic heterocycles. The van der Waals surface area contributed by atoms with Crippen molar-refractivity contribution in [1.82, 2.24) is 15.3 Å². The molecule has 2 aromatic rings. The lowest BCUT2D eigenvalue weighted by Gasteiger charge is -2.06. The van der Waals surface area contributed by atoms with Gasteiger partial charge in [-0.25, -0.2) is 9.97 Å². The molecule has 0 atom stereocenters. The SMILES string of the molecule is Nc1nccnc1C(=O)NCc1ccc2c(c1)OCO2. The summed E-state index contributed by atoms with van der Waals surface area (Å²) in [5.41, 5.74) is 6.61. The molecule has 0 fully saturated rings. The molecule has 0 aliphatic carbocycles. The number of aromatic nitrogens is 2. The van der Waals surface area contributed by atoms with Crippen LogP contribution in [0.25, 0.3) is 0 Å². The summed E-state index contributed by atoms with van der Waals surface area (Å²) in [5, 5.41) is 2.73. The van der Waals surface area contributed by atoms with Gasteiger partial charge in [0.25, 0.3) is 5.91 Å². The van der Waals surface area contributed by atoms with Crippen LogP contribution in [0, 0.1) is 0 Å². The van der Waals surface area contributed by atoms with Crippen molar-refractivity contribution in [2.24, 2.45) is 0 Å². The molecule has 1 aromatic carbocycles. The number of carbonyl (C=O) groups excluding carboxylic acids is 1. The molecule has 0 saturated heterocycles. The molecule has 0 spiro atoms. The van der Waals surface area contributed by atoms with Gasteiger partial charge in [-0.1, -0.05) is 6.07 Å². The molecule has 7 heteroatoms. The summed E-state index contributed by atoms with van der Waals surface area (Å²) in [4.78, 5) is 19.6. The Bertz CT molecular complexity index is 660. The number of amides is 1. The maximum Gasteiger partial charge on any atom is 0.273 e. The zero-order valence-corrected chi connectivity index (χ0v) is 10.5. The number of fused-ring (bicyclic) bond motifs is 1. The zero-order valence-electron chi connectivity index (χ0n) is 10.5. The van der Waals surface area contributed by atoms with E-state index in [0.717, 1.165) is 5.56 Å². The molecular weight excluding hydrogens is 260 g/mol. The quantitative estimate of drug-likeness (QED) is 0.854. The first kappa shape index (κ1) is 12.2. The highest BCUT2D eigenvalue weighted by molar-refractivity contribution is 5.96. The standard InChI is InChI=1S/C13H12N4O3/c14-12-11(15-3-4-16-12)13(18)17-6-8-1-2-9-10(5-8)20-7-19-9/h1-5H,6-7H2,(H2,14,16)(H,17,18). The third-order valence-electron chi connectivity index (χ3n) is 2.83. The fourth-order valence-corrected chi connectivity index (χ4v) is 1.84. The Hall–Kier alpha value is -2.83. The molecule has 0 saturated carbocycles. The van der Waals surface area contributed by atoms with Gasteiger partial charge in [-0.3, -0.25) is 4.79 Å². The molecule has 0 radical (unpaired) electrons. The number of carbonyl (C=O) groups is 1. The fraction of sp³-hybridized carbons (Fsp3) is 0.154. The molecule has 2 heterocycles. The van der Waals surface area contributed by atoms with E-state index in [2.05, 4.69) is 15.3 Å². The molecule has 20 heavy (non-hydrogen) atoms. The van der Waals surface area contributed by atoms with Crippen molar-refractivity contribution in [2.45, 2.75) is 6.54 Å². The highest BCUT2D eigenvalue weighted by Gasteiger charge is 2.15. The Morgan fingerprint density at radius 2 is 2.05 bits per heavy atom.